The van der Waals surface area contributed by atoms with E-state index in [1.165, 1.54) is 18.9 Å². The van der Waals surface area contributed by atoms with Crippen LogP contribution in [-0.4, -0.2) is 46.5 Å². The molecule has 0 spiro atoms. The number of hydrogen-bond acceptors (Lipinski definition) is 3. The lowest BCUT2D eigenvalue weighted by Gasteiger charge is -2.24. The highest BCUT2D eigenvalue weighted by Crippen LogP contribution is 2.29. The van der Waals surface area contributed by atoms with Gasteiger partial charge in [-0.05, 0) is 50.0 Å². The SMILES string of the molecule is O=C(NCCN1CCCC1)c1cn2c(n1)CCC(c1cccc(F)c1)C2. The molecular formula is C20H25FN4O. The van der Waals surface area contributed by atoms with E-state index in [0.717, 1.165) is 50.4 Å². The second-order valence-corrected chi connectivity index (χ2v) is 7.29. The van der Waals surface area contributed by atoms with Crippen molar-refractivity contribution in [2.45, 2.75) is 38.1 Å². The molecule has 1 fully saturated rings. The summed E-state index contributed by atoms with van der Waals surface area (Å²) in [4.78, 5) is 19.3. The molecule has 0 bridgehead atoms. The number of carbonyl (C=O) groups is 1. The number of benzene rings is 1. The summed E-state index contributed by atoms with van der Waals surface area (Å²) in [5.74, 6) is 0.909. The Hall–Kier alpha value is -2.21. The van der Waals surface area contributed by atoms with Crippen molar-refractivity contribution in [1.82, 2.24) is 19.8 Å². The van der Waals surface area contributed by atoms with Gasteiger partial charge in [0, 0.05) is 38.2 Å². The fourth-order valence-corrected chi connectivity index (χ4v) is 4.01. The maximum atomic E-state index is 13.5. The summed E-state index contributed by atoms with van der Waals surface area (Å²) in [6.45, 7) is 4.58. The number of nitrogens with one attached hydrogen (secondary N) is 1. The predicted octanol–water partition coefficient (Wildman–Crippen LogP) is 2.58. The molecule has 0 saturated carbocycles. The van der Waals surface area contributed by atoms with Gasteiger partial charge in [-0.2, -0.15) is 0 Å². The standard InChI is InChI=1S/C20H25FN4O/c21-17-5-3-4-15(12-17)16-6-7-19-23-18(14-25(19)13-16)20(26)22-8-11-24-9-1-2-10-24/h3-5,12,14,16H,1-2,6-11,13H2,(H,22,26). The third-order valence-corrected chi connectivity index (χ3v) is 5.46. The van der Waals surface area contributed by atoms with E-state index in [-0.39, 0.29) is 17.6 Å². The van der Waals surface area contributed by atoms with Gasteiger partial charge >= 0.3 is 0 Å². The van der Waals surface area contributed by atoms with E-state index >= 15 is 0 Å². The van der Waals surface area contributed by atoms with Crippen molar-refractivity contribution in [3.8, 4) is 0 Å². The molecule has 2 aromatic rings. The lowest BCUT2D eigenvalue weighted by Crippen LogP contribution is -2.33. The van der Waals surface area contributed by atoms with Crippen molar-refractivity contribution >= 4 is 5.91 Å². The van der Waals surface area contributed by atoms with Gasteiger partial charge in [-0.1, -0.05) is 12.1 Å². The molecule has 1 amide bonds. The summed E-state index contributed by atoms with van der Waals surface area (Å²) >= 11 is 0. The molecule has 6 heteroatoms. The highest BCUT2D eigenvalue weighted by atomic mass is 19.1. The Morgan fingerprint density at radius 3 is 2.96 bits per heavy atom. The van der Waals surface area contributed by atoms with Crippen molar-refractivity contribution in [1.29, 1.82) is 0 Å². The van der Waals surface area contributed by atoms with E-state index in [1.54, 1.807) is 12.1 Å². The lowest BCUT2D eigenvalue weighted by molar-refractivity contribution is 0.0945. The van der Waals surface area contributed by atoms with Crippen LogP contribution in [-0.2, 0) is 13.0 Å². The Bertz CT molecular complexity index is 782. The van der Waals surface area contributed by atoms with Gasteiger partial charge in [0.05, 0.1) is 0 Å². The Kier molecular flexibility index (Phi) is 5.02. The number of rotatable bonds is 5. The molecule has 3 heterocycles. The molecule has 1 aromatic carbocycles. The van der Waals surface area contributed by atoms with Crippen molar-refractivity contribution in [2.24, 2.45) is 0 Å². The quantitative estimate of drug-likeness (QED) is 0.896. The van der Waals surface area contributed by atoms with E-state index in [2.05, 4.69) is 19.8 Å². The second kappa shape index (κ2) is 7.58. The van der Waals surface area contributed by atoms with Crippen LogP contribution in [0.2, 0.25) is 0 Å². The number of hydrogen-bond donors (Lipinski definition) is 1. The van der Waals surface area contributed by atoms with E-state index in [1.807, 2.05) is 12.3 Å². The van der Waals surface area contributed by atoms with Crippen molar-refractivity contribution in [2.75, 3.05) is 26.2 Å². The third-order valence-electron chi connectivity index (χ3n) is 5.46. The number of imidazole rings is 1. The maximum absolute atomic E-state index is 13.5. The zero-order valence-electron chi connectivity index (χ0n) is 15.0. The van der Waals surface area contributed by atoms with Crippen LogP contribution in [0.4, 0.5) is 4.39 Å². The maximum Gasteiger partial charge on any atom is 0.271 e. The molecule has 1 aromatic heterocycles. The Balaban J connectivity index is 1.36. The fourth-order valence-electron chi connectivity index (χ4n) is 4.01. The number of aryl methyl sites for hydroxylation is 1. The van der Waals surface area contributed by atoms with Gasteiger partial charge in [0.2, 0.25) is 0 Å². The zero-order valence-corrected chi connectivity index (χ0v) is 15.0. The number of likely N-dealkylation sites (tertiary alicyclic amines) is 1. The predicted molar refractivity (Wildman–Crippen MR) is 97.7 cm³/mol. The summed E-state index contributed by atoms with van der Waals surface area (Å²) in [6.07, 6.45) is 6.09. The van der Waals surface area contributed by atoms with Crippen LogP contribution in [0.15, 0.2) is 30.5 Å². The molecule has 4 rings (SSSR count). The van der Waals surface area contributed by atoms with E-state index < -0.39 is 0 Å². The van der Waals surface area contributed by atoms with Gasteiger partial charge < -0.3 is 14.8 Å². The molecule has 0 aliphatic carbocycles. The summed E-state index contributed by atoms with van der Waals surface area (Å²) < 4.78 is 15.5. The highest BCUT2D eigenvalue weighted by Gasteiger charge is 2.23. The van der Waals surface area contributed by atoms with Gasteiger partial charge in [0.1, 0.15) is 17.3 Å². The van der Waals surface area contributed by atoms with Crippen LogP contribution >= 0.6 is 0 Å². The highest BCUT2D eigenvalue weighted by molar-refractivity contribution is 5.92. The number of carbonyl (C=O) groups excluding carboxylic acids is 1. The van der Waals surface area contributed by atoms with Gasteiger partial charge in [0.15, 0.2) is 0 Å². The number of aromatic nitrogens is 2. The number of halogens is 1. The first-order valence-electron chi connectivity index (χ1n) is 9.51. The van der Waals surface area contributed by atoms with Crippen LogP contribution < -0.4 is 5.32 Å². The zero-order chi connectivity index (χ0) is 17.9. The summed E-state index contributed by atoms with van der Waals surface area (Å²) in [7, 11) is 0. The molecule has 1 saturated heterocycles. The van der Waals surface area contributed by atoms with Gasteiger partial charge in [0.25, 0.3) is 5.91 Å². The number of nitrogens with zero attached hydrogens (tertiary/aromatic N) is 3. The summed E-state index contributed by atoms with van der Waals surface area (Å²) in [5, 5.41) is 2.98. The molecule has 1 N–H and O–H groups in total. The second-order valence-electron chi connectivity index (χ2n) is 7.29. The molecule has 0 radical (unpaired) electrons. The minimum absolute atomic E-state index is 0.103. The first kappa shape index (κ1) is 17.2. The van der Waals surface area contributed by atoms with Gasteiger partial charge in [-0.25, -0.2) is 9.37 Å². The Morgan fingerprint density at radius 1 is 1.31 bits per heavy atom. The first-order chi connectivity index (χ1) is 12.7. The molecule has 1 unspecified atom stereocenters. The van der Waals surface area contributed by atoms with Crippen molar-refractivity contribution in [3.63, 3.8) is 0 Å². The van der Waals surface area contributed by atoms with Crippen molar-refractivity contribution < 1.29 is 9.18 Å². The lowest BCUT2D eigenvalue weighted by atomic mass is 9.91. The first-order valence-corrected chi connectivity index (χ1v) is 9.51. The average Bonchev–Trinajstić information content (AvgIpc) is 3.30. The van der Waals surface area contributed by atoms with E-state index in [9.17, 15) is 9.18 Å². The summed E-state index contributed by atoms with van der Waals surface area (Å²) in [6, 6.07) is 6.81. The monoisotopic (exact) mass is 356 g/mol. The Morgan fingerprint density at radius 2 is 2.15 bits per heavy atom. The minimum atomic E-state index is -0.197. The fraction of sp³-hybridized carbons (Fsp3) is 0.500. The van der Waals surface area contributed by atoms with E-state index in [4.69, 9.17) is 0 Å². The minimum Gasteiger partial charge on any atom is -0.349 e. The van der Waals surface area contributed by atoms with Crippen LogP contribution in [0.25, 0.3) is 0 Å². The molecule has 5 nitrogen and oxygen atoms in total. The van der Waals surface area contributed by atoms with Crippen LogP contribution in [0.1, 0.15) is 47.1 Å². The molecule has 138 valence electrons. The third kappa shape index (κ3) is 3.80. The number of fused-ring (bicyclic) bond motifs is 1. The molecule has 2 aliphatic rings. The average molecular weight is 356 g/mol. The van der Waals surface area contributed by atoms with E-state index in [0.29, 0.717) is 12.2 Å². The number of amides is 1. The Labute approximate surface area is 153 Å². The summed E-state index contributed by atoms with van der Waals surface area (Å²) in [5.41, 5.74) is 1.50. The normalized spacial score (nSPS) is 20.1. The molecule has 1 atom stereocenters. The smallest absolute Gasteiger partial charge is 0.271 e. The van der Waals surface area contributed by atoms with Crippen LogP contribution in [0, 0.1) is 5.82 Å². The largest absolute Gasteiger partial charge is 0.349 e. The van der Waals surface area contributed by atoms with Crippen molar-refractivity contribution in [3.05, 3.63) is 53.4 Å². The van der Waals surface area contributed by atoms with Gasteiger partial charge in [-0.15, -0.1) is 0 Å². The molecular weight excluding hydrogens is 331 g/mol. The van der Waals surface area contributed by atoms with Crippen LogP contribution in [0.3, 0.4) is 0 Å². The van der Waals surface area contributed by atoms with Crippen LogP contribution in [0.5, 0.6) is 0 Å². The topological polar surface area (TPSA) is 50.2 Å². The molecule has 26 heavy (non-hydrogen) atoms. The van der Waals surface area contributed by atoms with Gasteiger partial charge in [-0.3, -0.25) is 4.79 Å². The molecule has 2 aliphatic heterocycles.